The number of carbonyl (C=O) groups is 1. The molecule has 0 spiro atoms. The van der Waals surface area contributed by atoms with Crippen molar-refractivity contribution in [3.63, 3.8) is 0 Å². The molecule has 0 aliphatic rings. The zero-order chi connectivity index (χ0) is 11.4. The summed E-state index contributed by atoms with van der Waals surface area (Å²) in [5, 5.41) is 27.4. The van der Waals surface area contributed by atoms with E-state index in [1.165, 1.54) is 24.3 Å². The average molecular weight is 211 g/mol. The van der Waals surface area contributed by atoms with Gasteiger partial charge in [-0.2, -0.15) is 0 Å². The Morgan fingerprint density at radius 1 is 1.33 bits per heavy atom. The van der Waals surface area contributed by atoms with Crippen molar-refractivity contribution in [3.8, 4) is 5.75 Å². The van der Waals surface area contributed by atoms with Gasteiger partial charge in [0.25, 0.3) is 0 Å². The smallest absolute Gasteiger partial charge is 0.313 e. The summed E-state index contributed by atoms with van der Waals surface area (Å²) in [6.45, 7) is -0.127. The molecule has 2 atom stereocenters. The average Bonchev–Trinajstić information content (AvgIpc) is 2.20. The number of rotatable bonds is 4. The minimum absolute atomic E-state index is 0.0464. The van der Waals surface area contributed by atoms with Gasteiger partial charge in [0.05, 0.1) is 6.10 Å². The van der Waals surface area contributed by atoms with Gasteiger partial charge in [-0.15, -0.1) is 0 Å². The quantitative estimate of drug-likeness (QED) is 0.556. The highest BCUT2D eigenvalue weighted by molar-refractivity contribution is 5.77. The molecule has 0 aliphatic carbocycles. The van der Waals surface area contributed by atoms with Crippen molar-refractivity contribution in [3.05, 3.63) is 29.8 Å². The van der Waals surface area contributed by atoms with E-state index in [9.17, 15) is 9.90 Å². The monoisotopic (exact) mass is 211 g/mol. The normalized spacial score (nSPS) is 14.5. The molecule has 5 N–H and O–H groups in total. The molecule has 15 heavy (non-hydrogen) atoms. The predicted molar refractivity (Wildman–Crippen MR) is 53.5 cm³/mol. The van der Waals surface area contributed by atoms with Gasteiger partial charge >= 0.3 is 5.97 Å². The molecule has 2 unspecified atom stereocenters. The van der Waals surface area contributed by atoms with Crippen molar-refractivity contribution in [2.45, 2.75) is 12.0 Å². The third kappa shape index (κ3) is 2.68. The first kappa shape index (κ1) is 11.5. The van der Waals surface area contributed by atoms with Crippen LogP contribution in [0.2, 0.25) is 0 Å². The highest BCUT2D eigenvalue weighted by Gasteiger charge is 2.27. The highest BCUT2D eigenvalue weighted by atomic mass is 16.4. The highest BCUT2D eigenvalue weighted by Crippen LogP contribution is 2.22. The summed E-state index contributed by atoms with van der Waals surface area (Å²) in [7, 11) is 0. The largest absolute Gasteiger partial charge is 0.508 e. The number of carboxylic acids is 1. The second-order valence-corrected chi connectivity index (χ2v) is 3.21. The molecule has 82 valence electrons. The number of phenols is 1. The Balaban J connectivity index is 2.99. The maximum Gasteiger partial charge on any atom is 0.313 e. The molecule has 0 saturated carbocycles. The third-order valence-corrected chi connectivity index (χ3v) is 2.14. The van der Waals surface area contributed by atoms with E-state index in [0.29, 0.717) is 5.56 Å². The minimum atomic E-state index is -1.14. The molecule has 0 aliphatic heterocycles. The van der Waals surface area contributed by atoms with Gasteiger partial charge < -0.3 is 21.1 Å². The van der Waals surface area contributed by atoms with Crippen LogP contribution in [0.4, 0.5) is 0 Å². The lowest BCUT2D eigenvalue weighted by Gasteiger charge is -2.17. The number of aromatic hydroxyl groups is 1. The van der Waals surface area contributed by atoms with Crippen molar-refractivity contribution in [1.82, 2.24) is 0 Å². The zero-order valence-electron chi connectivity index (χ0n) is 8.00. The summed E-state index contributed by atoms with van der Waals surface area (Å²) in [6.07, 6.45) is -1.13. The second kappa shape index (κ2) is 4.77. The third-order valence-electron chi connectivity index (χ3n) is 2.14. The number of benzene rings is 1. The standard InChI is InChI=1S/C10H13NO4/c11-5-8(13)9(10(14)15)6-1-3-7(12)4-2-6/h1-4,8-9,12-13H,5,11H2,(H,14,15). The number of hydrogen-bond acceptors (Lipinski definition) is 4. The maximum atomic E-state index is 10.9. The van der Waals surface area contributed by atoms with Gasteiger partial charge in [0.2, 0.25) is 0 Å². The van der Waals surface area contributed by atoms with Crippen molar-refractivity contribution in [2.24, 2.45) is 5.73 Å². The van der Waals surface area contributed by atoms with Gasteiger partial charge in [0.15, 0.2) is 0 Å². The molecular formula is C10H13NO4. The van der Waals surface area contributed by atoms with Crippen LogP contribution in [0.25, 0.3) is 0 Å². The lowest BCUT2D eigenvalue weighted by Crippen LogP contribution is -2.32. The molecule has 1 aromatic rings. The molecule has 5 nitrogen and oxygen atoms in total. The molecule has 5 heteroatoms. The van der Waals surface area contributed by atoms with Gasteiger partial charge in [-0.3, -0.25) is 4.79 Å². The lowest BCUT2D eigenvalue weighted by atomic mass is 9.93. The van der Waals surface area contributed by atoms with Crippen LogP contribution in [0.5, 0.6) is 5.75 Å². The van der Waals surface area contributed by atoms with Gasteiger partial charge in [-0.25, -0.2) is 0 Å². The number of nitrogens with two attached hydrogens (primary N) is 1. The van der Waals surface area contributed by atoms with Crippen LogP contribution in [-0.4, -0.2) is 33.9 Å². The van der Waals surface area contributed by atoms with Crippen molar-refractivity contribution < 1.29 is 20.1 Å². The summed E-state index contributed by atoms with van der Waals surface area (Å²) >= 11 is 0. The van der Waals surface area contributed by atoms with E-state index in [1.807, 2.05) is 0 Å². The van der Waals surface area contributed by atoms with Crippen LogP contribution in [0.1, 0.15) is 11.5 Å². The fraction of sp³-hybridized carbons (Fsp3) is 0.300. The van der Waals surface area contributed by atoms with Crippen molar-refractivity contribution >= 4 is 5.97 Å². The van der Waals surface area contributed by atoms with E-state index in [0.717, 1.165) is 0 Å². The van der Waals surface area contributed by atoms with Crippen LogP contribution >= 0.6 is 0 Å². The Hall–Kier alpha value is -1.59. The Kier molecular flexibility index (Phi) is 3.65. The van der Waals surface area contributed by atoms with E-state index in [2.05, 4.69) is 0 Å². The molecule has 0 radical (unpaired) electrons. The fourth-order valence-electron chi connectivity index (χ4n) is 1.35. The number of carboxylic acid groups (broad SMARTS) is 1. The Morgan fingerprint density at radius 3 is 2.27 bits per heavy atom. The van der Waals surface area contributed by atoms with E-state index in [1.54, 1.807) is 0 Å². The molecule has 0 fully saturated rings. The van der Waals surface area contributed by atoms with Crippen molar-refractivity contribution in [1.29, 1.82) is 0 Å². The maximum absolute atomic E-state index is 10.9. The molecule has 0 heterocycles. The molecule has 1 aromatic carbocycles. The van der Waals surface area contributed by atoms with E-state index < -0.39 is 18.0 Å². The van der Waals surface area contributed by atoms with Crippen LogP contribution in [-0.2, 0) is 4.79 Å². The SMILES string of the molecule is NCC(O)C(C(=O)O)c1ccc(O)cc1. The molecule has 0 bridgehead atoms. The zero-order valence-corrected chi connectivity index (χ0v) is 8.00. The van der Waals surface area contributed by atoms with E-state index in [-0.39, 0.29) is 12.3 Å². The molecule has 0 amide bonds. The summed E-state index contributed by atoms with van der Waals surface area (Å²) < 4.78 is 0. The van der Waals surface area contributed by atoms with Gasteiger partial charge in [0.1, 0.15) is 11.7 Å². The number of aliphatic hydroxyl groups is 1. The summed E-state index contributed by atoms with van der Waals surface area (Å²) in [6, 6.07) is 5.64. The number of hydrogen-bond donors (Lipinski definition) is 4. The van der Waals surface area contributed by atoms with Gasteiger partial charge in [-0.05, 0) is 17.7 Å². The summed E-state index contributed by atoms with van der Waals surface area (Å²) in [4.78, 5) is 10.9. The fourth-order valence-corrected chi connectivity index (χ4v) is 1.35. The lowest BCUT2D eigenvalue weighted by molar-refractivity contribution is -0.141. The summed E-state index contributed by atoms with van der Waals surface area (Å²) in [5.74, 6) is -2.15. The van der Waals surface area contributed by atoms with Crippen LogP contribution in [0.3, 0.4) is 0 Å². The van der Waals surface area contributed by atoms with Crippen molar-refractivity contribution in [2.75, 3.05) is 6.54 Å². The molecule has 0 saturated heterocycles. The Bertz CT molecular complexity index is 336. The van der Waals surface area contributed by atoms with E-state index in [4.69, 9.17) is 15.9 Å². The first-order valence-corrected chi connectivity index (χ1v) is 4.46. The molecule has 1 rings (SSSR count). The molecular weight excluding hydrogens is 198 g/mol. The van der Waals surface area contributed by atoms with Gasteiger partial charge in [0, 0.05) is 6.54 Å². The number of aliphatic hydroxyl groups excluding tert-OH is 1. The number of phenolic OH excluding ortho intramolecular Hbond substituents is 1. The molecule has 0 aromatic heterocycles. The Labute approximate surface area is 86.8 Å². The first-order valence-electron chi connectivity index (χ1n) is 4.46. The number of aliphatic carboxylic acids is 1. The van der Waals surface area contributed by atoms with Crippen LogP contribution in [0.15, 0.2) is 24.3 Å². The van der Waals surface area contributed by atoms with E-state index >= 15 is 0 Å². The van der Waals surface area contributed by atoms with Crippen LogP contribution in [0, 0.1) is 0 Å². The summed E-state index contributed by atoms with van der Waals surface area (Å²) in [5.41, 5.74) is 5.63. The van der Waals surface area contributed by atoms with Crippen LogP contribution < -0.4 is 5.73 Å². The topological polar surface area (TPSA) is 104 Å². The second-order valence-electron chi connectivity index (χ2n) is 3.21. The Morgan fingerprint density at radius 2 is 1.87 bits per heavy atom. The first-order chi connectivity index (χ1) is 7.06. The van der Waals surface area contributed by atoms with Gasteiger partial charge in [-0.1, -0.05) is 12.1 Å². The predicted octanol–water partition coefficient (Wildman–Crippen LogP) is -0.120. The minimum Gasteiger partial charge on any atom is -0.508 e.